The largest absolute Gasteiger partial charge is 0.432 e. The highest BCUT2D eigenvalue weighted by molar-refractivity contribution is 7.90. The molecule has 3 rings (SSSR count). The van der Waals surface area contributed by atoms with Gasteiger partial charge < -0.3 is 14.8 Å². The first-order valence-corrected chi connectivity index (χ1v) is 11.8. The third-order valence-electron chi connectivity index (χ3n) is 5.03. The number of hydrogen-bond donors (Lipinski definition) is 1. The quantitative estimate of drug-likeness (QED) is 0.651. The number of benzene rings is 1. The summed E-state index contributed by atoms with van der Waals surface area (Å²) in [5, 5.41) is 3.19. The zero-order valence-electron chi connectivity index (χ0n) is 16.8. The van der Waals surface area contributed by atoms with Crippen LogP contribution in [0.1, 0.15) is 36.0 Å². The molecule has 1 aromatic carbocycles. The molecule has 0 saturated heterocycles. The molecule has 1 aromatic heterocycles. The molecule has 1 amide bonds. The van der Waals surface area contributed by atoms with Crippen LogP contribution in [0.4, 0.5) is 13.2 Å². The summed E-state index contributed by atoms with van der Waals surface area (Å²) in [6, 6.07) is 3.42. The molecule has 1 fully saturated rings. The van der Waals surface area contributed by atoms with Gasteiger partial charge in [-0.3, -0.25) is 9.78 Å². The number of aromatic nitrogens is 1. The SMILES string of the molecule is CS(=O)(=O)CCO[C@H]1CC[C@H](NC(=O)c2cnc3cc(OC(F)F)c(F)cc3c2)CC1. The zero-order valence-corrected chi connectivity index (χ0v) is 17.6. The fourth-order valence-corrected chi connectivity index (χ4v) is 3.85. The number of nitrogens with one attached hydrogen (secondary N) is 1. The molecule has 170 valence electrons. The molecular weight excluding hydrogens is 437 g/mol. The van der Waals surface area contributed by atoms with Crippen molar-refractivity contribution in [2.24, 2.45) is 0 Å². The molecule has 0 unspecified atom stereocenters. The predicted molar refractivity (Wildman–Crippen MR) is 108 cm³/mol. The van der Waals surface area contributed by atoms with Crippen molar-refractivity contribution in [2.45, 2.75) is 44.4 Å². The Bertz CT molecular complexity index is 1040. The summed E-state index contributed by atoms with van der Waals surface area (Å²) >= 11 is 0. The fraction of sp³-hybridized carbons (Fsp3) is 0.500. The van der Waals surface area contributed by atoms with E-state index in [1.54, 1.807) is 0 Å². The van der Waals surface area contributed by atoms with E-state index in [1.165, 1.54) is 12.3 Å². The van der Waals surface area contributed by atoms with E-state index >= 15 is 0 Å². The van der Waals surface area contributed by atoms with Crippen molar-refractivity contribution in [1.29, 1.82) is 0 Å². The van der Waals surface area contributed by atoms with Crippen molar-refractivity contribution in [3.63, 3.8) is 0 Å². The molecule has 31 heavy (non-hydrogen) atoms. The topological polar surface area (TPSA) is 94.6 Å². The molecule has 0 spiro atoms. The van der Waals surface area contributed by atoms with E-state index in [0.29, 0.717) is 25.7 Å². The number of amides is 1. The van der Waals surface area contributed by atoms with Crippen LogP contribution in [0.15, 0.2) is 24.4 Å². The lowest BCUT2D eigenvalue weighted by atomic mass is 9.92. The number of alkyl halides is 2. The molecule has 2 aromatic rings. The third kappa shape index (κ3) is 6.79. The number of pyridine rings is 1. The van der Waals surface area contributed by atoms with Gasteiger partial charge in [-0.05, 0) is 37.8 Å². The summed E-state index contributed by atoms with van der Waals surface area (Å²) in [6.45, 7) is -3.00. The Morgan fingerprint density at radius 2 is 1.94 bits per heavy atom. The molecule has 11 heteroatoms. The van der Waals surface area contributed by atoms with E-state index in [0.717, 1.165) is 18.4 Å². The van der Waals surface area contributed by atoms with E-state index in [-0.39, 0.29) is 46.9 Å². The number of nitrogens with zero attached hydrogens (tertiary/aromatic N) is 1. The number of hydrogen-bond acceptors (Lipinski definition) is 6. The Balaban J connectivity index is 1.56. The summed E-state index contributed by atoms with van der Waals surface area (Å²) in [5.74, 6) is -1.97. The van der Waals surface area contributed by atoms with Crippen LogP contribution in [0.2, 0.25) is 0 Å². The summed E-state index contributed by atoms with van der Waals surface area (Å²) in [4.78, 5) is 16.6. The number of sulfone groups is 1. The molecule has 0 aliphatic heterocycles. The summed E-state index contributed by atoms with van der Waals surface area (Å²) in [7, 11) is -3.06. The summed E-state index contributed by atoms with van der Waals surface area (Å²) in [5.41, 5.74) is 0.446. The first kappa shape index (κ1) is 23.3. The minimum atomic E-state index is -3.16. The normalized spacial score (nSPS) is 19.5. The molecule has 7 nitrogen and oxygen atoms in total. The molecule has 1 saturated carbocycles. The fourth-order valence-electron chi connectivity index (χ4n) is 3.45. The van der Waals surface area contributed by atoms with Crippen molar-refractivity contribution in [1.82, 2.24) is 10.3 Å². The highest BCUT2D eigenvalue weighted by Gasteiger charge is 2.24. The molecule has 1 aliphatic rings. The summed E-state index contributed by atoms with van der Waals surface area (Å²) in [6.07, 6.45) is 5.17. The maximum absolute atomic E-state index is 13.9. The highest BCUT2D eigenvalue weighted by Crippen LogP contribution is 2.26. The first-order valence-electron chi connectivity index (χ1n) is 9.75. The van der Waals surface area contributed by atoms with Gasteiger partial charge in [-0.2, -0.15) is 8.78 Å². The second-order valence-electron chi connectivity index (χ2n) is 7.53. The van der Waals surface area contributed by atoms with Gasteiger partial charge in [-0.15, -0.1) is 0 Å². The number of ether oxygens (including phenoxy) is 2. The Labute approximate surface area is 177 Å². The zero-order chi connectivity index (χ0) is 22.6. The minimum Gasteiger partial charge on any atom is -0.432 e. The van der Waals surface area contributed by atoms with E-state index in [4.69, 9.17) is 4.74 Å². The van der Waals surface area contributed by atoms with Crippen LogP contribution in [-0.2, 0) is 14.6 Å². The van der Waals surface area contributed by atoms with Gasteiger partial charge >= 0.3 is 6.61 Å². The number of rotatable bonds is 8. The van der Waals surface area contributed by atoms with E-state index < -0.39 is 28.0 Å². The van der Waals surface area contributed by atoms with Crippen molar-refractivity contribution in [3.8, 4) is 5.75 Å². The number of halogens is 3. The maximum Gasteiger partial charge on any atom is 0.387 e. The number of fused-ring (bicyclic) bond motifs is 1. The molecule has 1 aliphatic carbocycles. The average Bonchev–Trinajstić information content (AvgIpc) is 2.68. The van der Waals surface area contributed by atoms with E-state index in [2.05, 4.69) is 15.0 Å². The molecule has 1 N–H and O–H groups in total. The van der Waals surface area contributed by atoms with Gasteiger partial charge in [0, 0.05) is 29.9 Å². The first-order chi connectivity index (χ1) is 14.6. The standard InChI is InChI=1S/C20H23F3N2O5S/c1-31(27,28)7-6-29-15-4-2-14(3-5-15)25-19(26)13-8-12-9-16(21)18(30-20(22)23)10-17(12)24-11-13/h8-11,14-15,20H,2-7H2,1H3,(H,25,26)/t14-,15-. The lowest BCUT2D eigenvalue weighted by Crippen LogP contribution is -2.39. The Morgan fingerprint density at radius 3 is 2.58 bits per heavy atom. The van der Waals surface area contributed by atoms with Gasteiger partial charge in [0.2, 0.25) is 0 Å². The third-order valence-corrected chi connectivity index (χ3v) is 5.94. The van der Waals surface area contributed by atoms with Crippen molar-refractivity contribution < 1.29 is 35.9 Å². The highest BCUT2D eigenvalue weighted by atomic mass is 32.2. The van der Waals surface area contributed by atoms with Gasteiger partial charge in [-0.1, -0.05) is 0 Å². The van der Waals surface area contributed by atoms with Crippen molar-refractivity contribution in [2.75, 3.05) is 18.6 Å². The predicted octanol–water partition coefficient (Wildman–Crippen LogP) is 3.08. The van der Waals surface area contributed by atoms with Crippen LogP contribution in [-0.4, -0.2) is 56.7 Å². The smallest absolute Gasteiger partial charge is 0.387 e. The van der Waals surface area contributed by atoms with Crippen LogP contribution in [0.3, 0.4) is 0 Å². The molecular formula is C20H23F3N2O5S. The van der Waals surface area contributed by atoms with Crippen LogP contribution >= 0.6 is 0 Å². The van der Waals surface area contributed by atoms with E-state index in [9.17, 15) is 26.4 Å². The number of carbonyl (C=O) groups excluding carboxylic acids is 1. The lowest BCUT2D eigenvalue weighted by Gasteiger charge is -2.29. The van der Waals surface area contributed by atoms with Crippen LogP contribution in [0, 0.1) is 5.82 Å². The van der Waals surface area contributed by atoms with Crippen LogP contribution < -0.4 is 10.1 Å². The van der Waals surface area contributed by atoms with Crippen LogP contribution in [0.5, 0.6) is 5.75 Å². The second-order valence-corrected chi connectivity index (χ2v) is 9.79. The van der Waals surface area contributed by atoms with Crippen molar-refractivity contribution >= 4 is 26.6 Å². The monoisotopic (exact) mass is 460 g/mol. The molecule has 0 radical (unpaired) electrons. The van der Waals surface area contributed by atoms with Gasteiger partial charge in [0.25, 0.3) is 5.91 Å². The molecule has 0 bridgehead atoms. The van der Waals surface area contributed by atoms with Crippen LogP contribution in [0.25, 0.3) is 10.9 Å². The average molecular weight is 460 g/mol. The van der Waals surface area contributed by atoms with E-state index in [1.807, 2.05) is 0 Å². The Hall–Kier alpha value is -2.40. The molecule has 0 atom stereocenters. The Kier molecular flexibility index (Phi) is 7.37. The Morgan fingerprint density at radius 1 is 1.23 bits per heavy atom. The summed E-state index contributed by atoms with van der Waals surface area (Å²) < 4.78 is 70.6. The van der Waals surface area contributed by atoms with Gasteiger partial charge in [0.1, 0.15) is 9.84 Å². The maximum atomic E-state index is 13.9. The van der Waals surface area contributed by atoms with Gasteiger partial charge in [-0.25, -0.2) is 12.8 Å². The van der Waals surface area contributed by atoms with Gasteiger partial charge in [0.15, 0.2) is 11.6 Å². The second kappa shape index (κ2) is 9.82. The van der Waals surface area contributed by atoms with Crippen molar-refractivity contribution in [3.05, 3.63) is 35.8 Å². The van der Waals surface area contributed by atoms with Gasteiger partial charge in [0.05, 0.1) is 29.5 Å². The minimum absolute atomic E-state index is 0.0189. The number of carbonyl (C=O) groups is 1. The lowest BCUT2D eigenvalue weighted by molar-refractivity contribution is -0.0520. The molecule has 1 heterocycles.